The van der Waals surface area contributed by atoms with Crippen molar-refractivity contribution in [1.29, 1.82) is 0 Å². The Morgan fingerprint density at radius 2 is 2.00 bits per heavy atom. The minimum atomic E-state index is -1.03. The van der Waals surface area contributed by atoms with Crippen LogP contribution >= 0.6 is 0 Å². The number of carboxylic acid groups (broad SMARTS) is 1. The number of benzene rings is 1. The minimum Gasteiger partial charge on any atom is -0.481 e. The maximum absolute atomic E-state index is 12.1. The highest BCUT2D eigenvalue weighted by Gasteiger charge is 2.37. The summed E-state index contributed by atoms with van der Waals surface area (Å²) in [5.74, 6) is -1.97. The number of cyclic esters (lactones) is 1. The average molecular weight is 350 g/mol. The van der Waals surface area contributed by atoms with Crippen molar-refractivity contribution < 1.29 is 33.8 Å². The first kappa shape index (κ1) is 18.2. The zero-order chi connectivity index (χ0) is 18.4. The summed E-state index contributed by atoms with van der Waals surface area (Å²) >= 11 is 0. The number of aliphatic carboxylic acids is 1. The third-order valence-corrected chi connectivity index (χ3v) is 3.64. The highest BCUT2D eigenvalue weighted by atomic mass is 16.6. The molecule has 0 radical (unpaired) electrons. The number of nitrogens with one attached hydrogen (secondary N) is 1. The first-order valence-corrected chi connectivity index (χ1v) is 7.52. The van der Waals surface area contributed by atoms with E-state index in [0.29, 0.717) is 11.1 Å². The van der Waals surface area contributed by atoms with E-state index in [-0.39, 0.29) is 26.1 Å². The molecule has 9 nitrogen and oxygen atoms in total. The quantitative estimate of drug-likeness (QED) is 0.682. The van der Waals surface area contributed by atoms with E-state index in [1.807, 2.05) is 0 Å². The fourth-order valence-electron chi connectivity index (χ4n) is 2.31. The van der Waals surface area contributed by atoms with E-state index in [1.54, 1.807) is 24.3 Å². The van der Waals surface area contributed by atoms with E-state index in [9.17, 15) is 19.2 Å². The SMILES string of the molecule is COC(=O)c1ccc(CN2C(=O)OC[C@H]2C(=O)NCCC(=O)O)cc1. The Morgan fingerprint density at radius 3 is 2.60 bits per heavy atom. The van der Waals surface area contributed by atoms with E-state index in [2.05, 4.69) is 10.1 Å². The number of carboxylic acids is 1. The van der Waals surface area contributed by atoms with Crippen LogP contribution in [-0.4, -0.2) is 60.2 Å². The third kappa shape index (κ3) is 4.69. The van der Waals surface area contributed by atoms with Gasteiger partial charge < -0.3 is 19.9 Å². The maximum atomic E-state index is 12.1. The Morgan fingerprint density at radius 1 is 1.32 bits per heavy atom. The second-order valence-electron chi connectivity index (χ2n) is 5.34. The van der Waals surface area contributed by atoms with Crippen LogP contribution in [-0.2, 0) is 25.6 Å². The van der Waals surface area contributed by atoms with Crippen molar-refractivity contribution in [1.82, 2.24) is 10.2 Å². The standard InChI is InChI=1S/C16H18N2O7/c1-24-15(22)11-4-2-10(3-5-11)8-18-12(9-25-16(18)23)14(21)17-7-6-13(19)20/h2-5,12H,6-9H2,1H3,(H,17,21)(H,19,20)/t12-/m0/s1. The molecule has 1 aliphatic heterocycles. The lowest BCUT2D eigenvalue weighted by molar-refractivity contribution is -0.137. The molecule has 0 saturated carbocycles. The van der Waals surface area contributed by atoms with Crippen LogP contribution in [0.4, 0.5) is 4.79 Å². The zero-order valence-corrected chi connectivity index (χ0v) is 13.6. The summed E-state index contributed by atoms with van der Waals surface area (Å²) in [6.45, 7) is -0.00416. The van der Waals surface area contributed by atoms with Gasteiger partial charge in [-0.1, -0.05) is 12.1 Å². The van der Waals surface area contributed by atoms with E-state index in [0.717, 1.165) is 0 Å². The van der Waals surface area contributed by atoms with Gasteiger partial charge in [-0.3, -0.25) is 14.5 Å². The van der Waals surface area contributed by atoms with Crippen LogP contribution in [0.5, 0.6) is 0 Å². The molecular weight excluding hydrogens is 332 g/mol. The Labute approximate surface area is 143 Å². The topological polar surface area (TPSA) is 122 Å². The molecule has 1 saturated heterocycles. The van der Waals surface area contributed by atoms with Gasteiger partial charge in [-0.25, -0.2) is 9.59 Å². The smallest absolute Gasteiger partial charge is 0.410 e. The molecule has 1 fully saturated rings. The minimum absolute atomic E-state index is 0.0273. The largest absolute Gasteiger partial charge is 0.481 e. The molecule has 2 amide bonds. The van der Waals surface area contributed by atoms with Gasteiger partial charge in [-0.15, -0.1) is 0 Å². The number of amides is 2. The zero-order valence-electron chi connectivity index (χ0n) is 13.6. The predicted octanol–water partition coefficient (Wildman–Crippen LogP) is 0.385. The van der Waals surface area contributed by atoms with Gasteiger partial charge in [0.15, 0.2) is 0 Å². The molecule has 0 unspecified atom stereocenters. The fraction of sp³-hybridized carbons (Fsp3) is 0.375. The number of rotatable bonds is 7. The summed E-state index contributed by atoms with van der Waals surface area (Å²) in [7, 11) is 1.28. The number of hydrogen-bond donors (Lipinski definition) is 2. The highest BCUT2D eigenvalue weighted by molar-refractivity contribution is 5.89. The van der Waals surface area contributed by atoms with Crippen LogP contribution in [0.25, 0.3) is 0 Å². The summed E-state index contributed by atoms with van der Waals surface area (Å²) in [4.78, 5) is 47.1. The van der Waals surface area contributed by atoms with E-state index < -0.39 is 30.0 Å². The molecule has 0 bridgehead atoms. The second kappa shape index (κ2) is 8.13. The molecule has 1 atom stereocenters. The molecule has 1 aliphatic rings. The Hall–Kier alpha value is -3.10. The van der Waals surface area contributed by atoms with Gasteiger partial charge >= 0.3 is 18.0 Å². The summed E-state index contributed by atoms with van der Waals surface area (Å²) in [6, 6.07) is 5.59. The molecule has 134 valence electrons. The molecular formula is C16H18N2O7. The first-order valence-electron chi connectivity index (χ1n) is 7.52. The van der Waals surface area contributed by atoms with E-state index >= 15 is 0 Å². The predicted molar refractivity (Wildman–Crippen MR) is 83.7 cm³/mol. The molecule has 9 heteroatoms. The maximum Gasteiger partial charge on any atom is 0.410 e. The van der Waals surface area contributed by atoms with E-state index in [1.165, 1.54) is 12.0 Å². The lowest BCUT2D eigenvalue weighted by Crippen LogP contribution is -2.45. The summed E-state index contributed by atoms with van der Waals surface area (Å²) in [5, 5.41) is 11.1. The number of nitrogens with zero attached hydrogens (tertiary/aromatic N) is 1. The van der Waals surface area contributed by atoms with Gasteiger partial charge in [0.1, 0.15) is 12.6 Å². The molecule has 1 aromatic rings. The summed E-state index contributed by atoms with van der Waals surface area (Å²) in [6.07, 6.45) is -0.835. The molecule has 1 aromatic carbocycles. The summed E-state index contributed by atoms with van der Waals surface area (Å²) in [5.41, 5.74) is 1.08. The molecule has 0 aromatic heterocycles. The number of esters is 1. The van der Waals surface area contributed by atoms with Crippen molar-refractivity contribution in [3.05, 3.63) is 35.4 Å². The van der Waals surface area contributed by atoms with Crippen molar-refractivity contribution in [2.75, 3.05) is 20.3 Å². The number of carbonyl (C=O) groups excluding carboxylic acids is 3. The van der Waals surface area contributed by atoms with Gasteiger partial charge in [0.05, 0.1) is 25.6 Å². The number of methoxy groups -OCH3 is 1. The van der Waals surface area contributed by atoms with Crippen molar-refractivity contribution in [2.24, 2.45) is 0 Å². The Kier molecular flexibility index (Phi) is 5.93. The molecule has 0 spiro atoms. The van der Waals surface area contributed by atoms with Gasteiger partial charge in [0.2, 0.25) is 5.91 Å². The van der Waals surface area contributed by atoms with Crippen LogP contribution < -0.4 is 5.32 Å². The summed E-state index contributed by atoms with van der Waals surface area (Å²) < 4.78 is 9.53. The number of carbonyl (C=O) groups is 4. The van der Waals surface area contributed by atoms with Crippen molar-refractivity contribution in [2.45, 2.75) is 19.0 Å². The van der Waals surface area contributed by atoms with Crippen LogP contribution in [0.2, 0.25) is 0 Å². The Balaban J connectivity index is 2.00. The molecule has 1 heterocycles. The lowest BCUT2D eigenvalue weighted by Gasteiger charge is -2.20. The van der Waals surface area contributed by atoms with Crippen LogP contribution in [0, 0.1) is 0 Å². The number of ether oxygens (including phenoxy) is 2. The monoisotopic (exact) mass is 350 g/mol. The van der Waals surface area contributed by atoms with Gasteiger partial charge in [0, 0.05) is 6.54 Å². The fourth-order valence-corrected chi connectivity index (χ4v) is 2.31. The van der Waals surface area contributed by atoms with Crippen LogP contribution in [0.15, 0.2) is 24.3 Å². The average Bonchev–Trinajstić information content (AvgIpc) is 2.95. The van der Waals surface area contributed by atoms with Gasteiger partial charge in [0.25, 0.3) is 0 Å². The van der Waals surface area contributed by atoms with Gasteiger partial charge in [-0.2, -0.15) is 0 Å². The Bertz CT molecular complexity index is 672. The lowest BCUT2D eigenvalue weighted by atomic mass is 10.1. The number of hydrogen-bond acceptors (Lipinski definition) is 6. The van der Waals surface area contributed by atoms with Crippen LogP contribution in [0.1, 0.15) is 22.3 Å². The van der Waals surface area contributed by atoms with Crippen LogP contribution in [0.3, 0.4) is 0 Å². The van der Waals surface area contributed by atoms with Gasteiger partial charge in [-0.05, 0) is 17.7 Å². The first-order chi connectivity index (χ1) is 11.9. The second-order valence-corrected chi connectivity index (χ2v) is 5.34. The van der Waals surface area contributed by atoms with Crippen molar-refractivity contribution in [3.8, 4) is 0 Å². The molecule has 2 N–H and O–H groups in total. The third-order valence-electron chi connectivity index (χ3n) is 3.64. The van der Waals surface area contributed by atoms with Crippen molar-refractivity contribution in [3.63, 3.8) is 0 Å². The molecule has 2 rings (SSSR count). The van der Waals surface area contributed by atoms with Crippen molar-refractivity contribution >= 4 is 23.9 Å². The van der Waals surface area contributed by atoms with E-state index in [4.69, 9.17) is 9.84 Å². The highest BCUT2D eigenvalue weighted by Crippen LogP contribution is 2.17. The normalized spacial score (nSPS) is 16.3. The molecule has 25 heavy (non-hydrogen) atoms. The molecule has 0 aliphatic carbocycles.